The number of aromatic nitrogens is 1. The van der Waals surface area contributed by atoms with E-state index in [0.717, 1.165) is 11.1 Å². The number of carbonyl (C=O) groups excluding carboxylic acids is 1. The van der Waals surface area contributed by atoms with Gasteiger partial charge in [0.2, 0.25) is 5.89 Å². The van der Waals surface area contributed by atoms with Crippen LogP contribution in [-0.4, -0.2) is 28.6 Å². The number of carbonyl (C=O) groups is 2. The average Bonchev–Trinajstić information content (AvgIpc) is 2.99. The molecule has 2 aromatic rings. The van der Waals surface area contributed by atoms with Gasteiger partial charge in [0.05, 0.1) is 12.2 Å². The Bertz CT molecular complexity index is 664. The summed E-state index contributed by atoms with van der Waals surface area (Å²) in [6.07, 6.45) is 1.92. The van der Waals surface area contributed by atoms with Gasteiger partial charge in [-0.05, 0) is 25.5 Å². The first kappa shape index (κ1) is 16.5. The van der Waals surface area contributed by atoms with Crippen LogP contribution in [-0.2, 0) is 11.3 Å². The SMILES string of the molecule is Cc1ccc(-c2nc(CNC(=O)NCCCC(=O)O)co2)cc1. The van der Waals surface area contributed by atoms with Crippen LogP contribution >= 0.6 is 0 Å². The number of urea groups is 1. The molecule has 7 heteroatoms. The van der Waals surface area contributed by atoms with Crippen LogP contribution in [0, 0.1) is 6.92 Å². The third-order valence-electron chi connectivity index (χ3n) is 3.13. The minimum absolute atomic E-state index is 0.0312. The van der Waals surface area contributed by atoms with Gasteiger partial charge in [0.25, 0.3) is 0 Å². The van der Waals surface area contributed by atoms with Crippen molar-refractivity contribution in [3.05, 3.63) is 41.8 Å². The lowest BCUT2D eigenvalue weighted by molar-refractivity contribution is -0.137. The Morgan fingerprint density at radius 3 is 2.65 bits per heavy atom. The molecule has 0 fully saturated rings. The molecule has 0 aliphatic carbocycles. The second-order valence-electron chi connectivity index (χ2n) is 5.12. The number of amides is 2. The van der Waals surface area contributed by atoms with Gasteiger partial charge in [-0.25, -0.2) is 9.78 Å². The Hall–Kier alpha value is -2.83. The summed E-state index contributed by atoms with van der Waals surface area (Å²) >= 11 is 0. The summed E-state index contributed by atoms with van der Waals surface area (Å²) in [6.45, 7) is 2.55. The predicted molar refractivity (Wildman–Crippen MR) is 83.8 cm³/mol. The Morgan fingerprint density at radius 2 is 1.96 bits per heavy atom. The van der Waals surface area contributed by atoms with Gasteiger partial charge in [0, 0.05) is 18.5 Å². The summed E-state index contributed by atoms with van der Waals surface area (Å²) in [4.78, 5) is 26.2. The first-order valence-electron chi connectivity index (χ1n) is 7.29. The van der Waals surface area contributed by atoms with E-state index >= 15 is 0 Å². The van der Waals surface area contributed by atoms with Crippen molar-refractivity contribution in [2.45, 2.75) is 26.3 Å². The second-order valence-corrected chi connectivity index (χ2v) is 5.12. The van der Waals surface area contributed by atoms with Crippen LogP contribution in [0.1, 0.15) is 24.1 Å². The lowest BCUT2D eigenvalue weighted by atomic mass is 10.1. The fraction of sp³-hybridized carbons (Fsp3) is 0.312. The minimum atomic E-state index is -0.876. The molecule has 2 amide bonds. The molecule has 0 bridgehead atoms. The summed E-state index contributed by atoms with van der Waals surface area (Å²) < 4.78 is 5.40. The number of aliphatic carboxylic acids is 1. The molecule has 0 aliphatic rings. The maximum absolute atomic E-state index is 11.5. The Kier molecular flexibility index (Phi) is 5.74. The number of hydrogen-bond donors (Lipinski definition) is 3. The fourth-order valence-corrected chi connectivity index (χ4v) is 1.89. The van der Waals surface area contributed by atoms with Gasteiger partial charge in [-0.15, -0.1) is 0 Å². The summed E-state index contributed by atoms with van der Waals surface area (Å²) in [6, 6.07) is 7.43. The van der Waals surface area contributed by atoms with Gasteiger partial charge < -0.3 is 20.2 Å². The molecule has 2 rings (SSSR count). The van der Waals surface area contributed by atoms with E-state index < -0.39 is 5.97 Å². The van der Waals surface area contributed by atoms with Gasteiger partial charge in [-0.2, -0.15) is 0 Å². The molecular formula is C16H19N3O4. The number of nitrogens with one attached hydrogen (secondary N) is 2. The van der Waals surface area contributed by atoms with E-state index in [0.29, 0.717) is 24.6 Å². The highest BCUT2D eigenvalue weighted by Gasteiger charge is 2.08. The maximum atomic E-state index is 11.5. The zero-order valence-electron chi connectivity index (χ0n) is 12.8. The lowest BCUT2D eigenvalue weighted by Crippen LogP contribution is -2.35. The number of benzene rings is 1. The van der Waals surface area contributed by atoms with Crippen LogP contribution in [0.15, 0.2) is 34.9 Å². The van der Waals surface area contributed by atoms with E-state index in [2.05, 4.69) is 15.6 Å². The van der Waals surface area contributed by atoms with E-state index in [1.807, 2.05) is 31.2 Å². The van der Waals surface area contributed by atoms with Gasteiger partial charge in [-0.1, -0.05) is 17.7 Å². The van der Waals surface area contributed by atoms with Crippen molar-refractivity contribution in [2.75, 3.05) is 6.54 Å². The normalized spacial score (nSPS) is 10.3. The van der Waals surface area contributed by atoms with Crippen molar-refractivity contribution >= 4 is 12.0 Å². The number of nitrogens with zero attached hydrogens (tertiary/aromatic N) is 1. The zero-order chi connectivity index (χ0) is 16.7. The molecule has 1 heterocycles. The number of rotatable bonds is 7. The summed E-state index contributed by atoms with van der Waals surface area (Å²) in [5.41, 5.74) is 2.64. The average molecular weight is 317 g/mol. The molecule has 122 valence electrons. The van der Waals surface area contributed by atoms with Crippen LogP contribution in [0.3, 0.4) is 0 Å². The molecule has 0 aliphatic heterocycles. The van der Waals surface area contributed by atoms with Gasteiger partial charge in [0.1, 0.15) is 6.26 Å². The molecule has 0 unspecified atom stereocenters. The Labute approximate surface area is 133 Å². The van der Waals surface area contributed by atoms with Gasteiger partial charge in [0.15, 0.2) is 0 Å². The number of aryl methyl sites for hydroxylation is 1. The van der Waals surface area contributed by atoms with Crippen LogP contribution in [0.2, 0.25) is 0 Å². The van der Waals surface area contributed by atoms with E-state index in [-0.39, 0.29) is 19.0 Å². The smallest absolute Gasteiger partial charge is 0.315 e. The number of carboxylic acid groups (broad SMARTS) is 1. The second kappa shape index (κ2) is 7.98. The quantitative estimate of drug-likeness (QED) is 0.680. The van der Waals surface area contributed by atoms with Crippen LogP contribution in [0.5, 0.6) is 0 Å². The van der Waals surface area contributed by atoms with Gasteiger partial charge in [-0.3, -0.25) is 4.79 Å². The van der Waals surface area contributed by atoms with Crippen molar-refractivity contribution in [1.29, 1.82) is 0 Å². The summed E-state index contributed by atoms with van der Waals surface area (Å²) in [5.74, 6) is -0.373. The maximum Gasteiger partial charge on any atom is 0.315 e. The molecule has 1 aromatic carbocycles. The minimum Gasteiger partial charge on any atom is -0.481 e. The highest BCUT2D eigenvalue weighted by molar-refractivity contribution is 5.73. The van der Waals surface area contributed by atoms with Crippen molar-refractivity contribution in [2.24, 2.45) is 0 Å². The van der Waals surface area contributed by atoms with Crippen molar-refractivity contribution in [3.8, 4) is 11.5 Å². The number of hydrogen-bond acceptors (Lipinski definition) is 4. The number of oxazole rings is 1. The lowest BCUT2D eigenvalue weighted by Gasteiger charge is -2.05. The third-order valence-corrected chi connectivity index (χ3v) is 3.13. The van der Waals surface area contributed by atoms with E-state index in [4.69, 9.17) is 9.52 Å². The number of carboxylic acids is 1. The molecule has 0 radical (unpaired) electrons. The molecule has 1 aromatic heterocycles. The molecule has 0 saturated heterocycles. The van der Waals surface area contributed by atoms with Crippen molar-refractivity contribution in [3.63, 3.8) is 0 Å². The van der Waals surface area contributed by atoms with Crippen LogP contribution < -0.4 is 10.6 Å². The summed E-state index contributed by atoms with van der Waals surface area (Å²) in [7, 11) is 0. The van der Waals surface area contributed by atoms with Crippen LogP contribution in [0.25, 0.3) is 11.5 Å². The first-order valence-corrected chi connectivity index (χ1v) is 7.29. The molecule has 7 nitrogen and oxygen atoms in total. The van der Waals surface area contributed by atoms with Gasteiger partial charge >= 0.3 is 12.0 Å². The molecule has 0 atom stereocenters. The zero-order valence-corrected chi connectivity index (χ0v) is 12.8. The van der Waals surface area contributed by atoms with Crippen molar-refractivity contribution in [1.82, 2.24) is 15.6 Å². The standard InChI is InChI=1S/C16H19N3O4/c1-11-4-6-12(7-5-11)15-19-13(10-23-15)9-18-16(22)17-8-2-3-14(20)21/h4-7,10H,2-3,8-9H2,1H3,(H,20,21)(H2,17,18,22). The fourth-order valence-electron chi connectivity index (χ4n) is 1.89. The highest BCUT2D eigenvalue weighted by Crippen LogP contribution is 2.18. The predicted octanol–water partition coefficient (Wildman–Crippen LogP) is 2.31. The molecule has 0 spiro atoms. The van der Waals surface area contributed by atoms with E-state index in [1.54, 1.807) is 0 Å². The molecule has 23 heavy (non-hydrogen) atoms. The molecular weight excluding hydrogens is 298 g/mol. The molecule has 3 N–H and O–H groups in total. The molecule has 0 saturated carbocycles. The van der Waals surface area contributed by atoms with E-state index in [9.17, 15) is 9.59 Å². The first-order chi connectivity index (χ1) is 11.0. The largest absolute Gasteiger partial charge is 0.481 e. The third kappa shape index (κ3) is 5.46. The van der Waals surface area contributed by atoms with E-state index in [1.165, 1.54) is 6.26 Å². The van der Waals surface area contributed by atoms with Crippen molar-refractivity contribution < 1.29 is 19.1 Å². The summed E-state index contributed by atoms with van der Waals surface area (Å²) in [5, 5.41) is 13.7. The van der Waals surface area contributed by atoms with Crippen LogP contribution in [0.4, 0.5) is 4.79 Å². The monoisotopic (exact) mass is 317 g/mol. The Balaban J connectivity index is 1.77. The Morgan fingerprint density at radius 1 is 1.22 bits per heavy atom. The topological polar surface area (TPSA) is 104 Å². The highest BCUT2D eigenvalue weighted by atomic mass is 16.4.